The van der Waals surface area contributed by atoms with Gasteiger partial charge in [0, 0.05) is 18.3 Å². The minimum Gasteiger partial charge on any atom is -0.266 e. The van der Waals surface area contributed by atoms with Crippen LogP contribution in [-0.4, -0.2) is 6.21 Å². The van der Waals surface area contributed by atoms with Crippen molar-refractivity contribution in [3.63, 3.8) is 0 Å². The van der Waals surface area contributed by atoms with Crippen LogP contribution in [0.1, 0.15) is 40.5 Å². The fraction of sp³-hybridized carbons (Fsp3) is 0.700. The van der Waals surface area contributed by atoms with E-state index in [1.807, 2.05) is 6.21 Å². The zero-order valence-electron chi connectivity index (χ0n) is 7.94. The van der Waals surface area contributed by atoms with Crippen LogP contribution in [0.15, 0.2) is 16.3 Å². The van der Waals surface area contributed by atoms with Gasteiger partial charge in [-0.15, -0.1) is 0 Å². The Morgan fingerprint density at radius 3 is 2.45 bits per heavy atom. The average Bonchev–Trinajstić information content (AvgIpc) is 2.12. The quantitative estimate of drug-likeness (QED) is 0.546. The monoisotopic (exact) mass is 151 g/mol. The van der Waals surface area contributed by atoms with Crippen molar-refractivity contribution in [2.75, 3.05) is 0 Å². The van der Waals surface area contributed by atoms with Crippen molar-refractivity contribution in [1.29, 1.82) is 0 Å². The van der Waals surface area contributed by atoms with Gasteiger partial charge in [-0.05, 0) is 24.3 Å². The predicted molar refractivity (Wildman–Crippen MR) is 49.9 cm³/mol. The summed E-state index contributed by atoms with van der Waals surface area (Å²) in [5, 5.41) is 0. The summed E-state index contributed by atoms with van der Waals surface area (Å²) in [7, 11) is 0. The lowest BCUT2D eigenvalue weighted by Gasteiger charge is -2.18. The molecule has 1 heterocycles. The van der Waals surface area contributed by atoms with Crippen molar-refractivity contribution in [1.82, 2.24) is 0 Å². The molecule has 0 saturated carbocycles. The molecule has 0 fully saturated rings. The molecule has 62 valence electrons. The Morgan fingerprint density at radius 2 is 2.09 bits per heavy atom. The minimum absolute atomic E-state index is 0.407. The highest BCUT2D eigenvalue weighted by atomic mass is 14.7. The summed E-state index contributed by atoms with van der Waals surface area (Å²) in [6.07, 6.45) is 4.26. The van der Waals surface area contributed by atoms with Gasteiger partial charge >= 0.3 is 0 Å². The molecule has 0 aliphatic carbocycles. The number of aliphatic imine (C=N–C) groups is 1. The fourth-order valence-corrected chi connectivity index (χ4v) is 1.37. The third-order valence-electron chi connectivity index (χ3n) is 1.88. The number of hydrogen-bond donors (Lipinski definition) is 0. The molecule has 0 N–H and O–H groups in total. The maximum atomic E-state index is 4.26. The number of allylic oxidation sites excluding steroid dienone is 2. The Bertz CT molecular complexity index is 203. The summed E-state index contributed by atoms with van der Waals surface area (Å²) in [5.74, 6) is 0. The van der Waals surface area contributed by atoms with E-state index in [0.29, 0.717) is 5.41 Å². The molecule has 0 amide bonds. The lowest BCUT2D eigenvalue weighted by Crippen LogP contribution is -2.06. The van der Waals surface area contributed by atoms with Gasteiger partial charge in [0.1, 0.15) is 0 Å². The maximum absolute atomic E-state index is 4.26. The smallest absolute Gasteiger partial charge is 0.0364 e. The molecule has 0 spiro atoms. The Morgan fingerprint density at radius 1 is 1.45 bits per heavy atom. The van der Waals surface area contributed by atoms with Crippen molar-refractivity contribution in [2.24, 2.45) is 10.4 Å². The summed E-state index contributed by atoms with van der Waals surface area (Å²) >= 11 is 0. The Labute approximate surface area is 69.2 Å². The molecule has 11 heavy (non-hydrogen) atoms. The van der Waals surface area contributed by atoms with Gasteiger partial charge in [0.25, 0.3) is 0 Å². The number of rotatable bonds is 1. The molecule has 0 aromatic rings. The standard InChI is InChI=1S/C10H17N/c1-8-9(5-6-11-8)7-10(2,3)4/h6H,5,7H2,1-4H3. The fourth-order valence-electron chi connectivity index (χ4n) is 1.37. The summed E-state index contributed by atoms with van der Waals surface area (Å²) in [4.78, 5) is 4.26. The molecule has 0 saturated heterocycles. The highest BCUT2D eigenvalue weighted by molar-refractivity contribution is 5.67. The summed E-state index contributed by atoms with van der Waals surface area (Å²) in [5.41, 5.74) is 3.15. The number of nitrogens with zero attached hydrogens (tertiary/aromatic N) is 1. The van der Waals surface area contributed by atoms with Crippen LogP contribution in [0, 0.1) is 5.41 Å². The van der Waals surface area contributed by atoms with Crippen LogP contribution in [0.4, 0.5) is 0 Å². The lowest BCUT2D eigenvalue weighted by atomic mass is 9.87. The van der Waals surface area contributed by atoms with Gasteiger partial charge in [0.15, 0.2) is 0 Å². The molecule has 1 nitrogen and oxygen atoms in total. The second kappa shape index (κ2) is 2.80. The molecule has 1 aliphatic rings. The van der Waals surface area contributed by atoms with Crippen LogP contribution in [-0.2, 0) is 0 Å². The molecule has 0 aromatic heterocycles. The van der Waals surface area contributed by atoms with Gasteiger partial charge in [-0.3, -0.25) is 4.99 Å². The highest BCUT2D eigenvalue weighted by Gasteiger charge is 2.16. The molecule has 0 bridgehead atoms. The van der Waals surface area contributed by atoms with Crippen molar-refractivity contribution in [3.05, 3.63) is 11.3 Å². The first-order valence-electron chi connectivity index (χ1n) is 4.20. The molecule has 0 atom stereocenters. The van der Waals surface area contributed by atoms with E-state index in [1.165, 1.54) is 17.7 Å². The van der Waals surface area contributed by atoms with Crippen molar-refractivity contribution in [3.8, 4) is 0 Å². The summed E-state index contributed by atoms with van der Waals surface area (Å²) < 4.78 is 0. The second-order valence-electron chi connectivity index (χ2n) is 4.44. The van der Waals surface area contributed by atoms with E-state index in [9.17, 15) is 0 Å². The maximum Gasteiger partial charge on any atom is 0.0364 e. The van der Waals surface area contributed by atoms with E-state index < -0.39 is 0 Å². The zero-order chi connectivity index (χ0) is 8.48. The normalized spacial score (nSPS) is 18.2. The summed E-state index contributed by atoms with van der Waals surface area (Å²) in [6, 6.07) is 0. The van der Waals surface area contributed by atoms with Crippen LogP contribution in [0.2, 0.25) is 0 Å². The first-order valence-corrected chi connectivity index (χ1v) is 4.20. The van der Waals surface area contributed by atoms with Crippen LogP contribution in [0.25, 0.3) is 0 Å². The summed E-state index contributed by atoms with van der Waals surface area (Å²) in [6.45, 7) is 8.91. The lowest BCUT2D eigenvalue weighted by molar-refractivity contribution is 0.407. The van der Waals surface area contributed by atoms with Gasteiger partial charge in [-0.2, -0.15) is 0 Å². The average molecular weight is 151 g/mol. The van der Waals surface area contributed by atoms with Gasteiger partial charge in [0.05, 0.1) is 0 Å². The largest absolute Gasteiger partial charge is 0.266 e. The molecular formula is C10H17N. The molecule has 0 aromatic carbocycles. The van der Waals surface area contributed by atoms with Gasteiger partial charge < -0.3 is 0 Å². The van der Waals surface area contributed by atoms with Crippen LogP contribution in [0.5, 0.6) is 0 Å². The van der Waals surface area contributed by atoms with E-state index in [1.54, 1.807) is 0 Å². The van der Waals surface area contributed by atoms with Gasteiger partial charge in [-0.1, -0.05) is 20.8 Å². The minimum atomic E-state index is 0.407. The SMILES string of the molecule is CC1=C(CC(C)(C)C)CC=N1. The Kier molecular flexibility index (Phi) is 2.17. The van der Waals surface area contributed by atoms with E-state index in [-0.39, 0.29) is 0 Å². The Hall–Kier alpha value is -0.590. The molecule has 0 radical (unpaired) electrons. The molecule has 1 heteroatoms. The van der Waals surface area contributed by atoms with Crippen molar-refractivity contribution < 1.29 is 0 Å². The first kappa shape index (κ1) is 8.51. The molecule has 1 rings (SSSR count). The van der Waals surface area contributed by atoms with Gasteiger partial charge in [-0.25, -0.2) is 0 Å². The second-order valence-corrected chi connectivity index (χ2v) is 4.44. The first-order chi connectivity index (χ1) is 4.99. The third kappa shape index (κ3) is 2.49. The van der Waals surface area contributed by atoms with Crippen molar-refractivity contribution in [2.45, 2.75) is 40.5 Å². The Balaban J connectivity index is 2.59. The van der Waals surface area contributed by atoms with Crippen LogP contribution in [0.3, 0.4) is 0 Å². The molecule has 1 aliphatic heterocycles. The zero-order valence-corrected chi connectivity index (χ0v) is 7.94. The van der Waals surface area contributed by atoms with E-state index in [4.69, 9.17) is 0 Å². The van der Waals surface area contributed by atoms with Crippen LogP contribution >= 0.6 is 0 Å². The van der Waals surface area contributed by atoms with Gasteiger partial charge in [0.2, 0.25) is 0 Å². The number of hydrogen-bond acceptors (Lipinski definition) is 1. The molecular weight excluding hydrogens is 134 g/mol. The van der Waals surface area contributed by atoms with E-state index in [2.05, 4.69) is 32.7 Å². The van der Waals surface area contributed by atoms with E-state index >= 15 is 0 Å². The third-order valence-corrected chi connectivity index (χ3v) is 1.88. The predicted octanol–water partition coefficient (Wildman–Crippen LogP) is 3.17. The van der Waals surface area contributed by atoms with E-state index in [0.717, 1.165) is 6.42 Å². The van der Waals surface area contributed by atoms with Crippen LogP contribution < -0.4 is 0 Å². The molecule has 0 unspecified atom stereocenters. The highest BCUT2D eigenvalue weighted by Crippen LogP contribution is 2.29. The van der Waals surface area contributed by atoms with Crippen molar-refractivity contribution >= 4 is 6.21 Å². The topological polar surface area (TPSA) is 12.4 Å².